The first kappa shape index (κ1) is 18.1. The molecule has 0 saturated heterocycles. The molecule has 7 heteroatoms. The van der Waals surface area contributed by atoms with Gasteiger partial charge in [0, 0.05) is 18.6 Å². The summed E-state index contributed by atoms with van der Waals surface area (Å²) in [5.41, 5.74) is 0.801. The van der Waals surface area contributed by atoms with Crippen molar-refractivity contribution in [3.63, 3.8) is 0 Å². The molecule has 0 fully saturated rings. The quantitative estimate of drug-likeness (QED) is 0.781. The molecule has 21 heavy (non-hydrogen) atoms. The fourth-order valence-corrected chi connectivity index (χ4v) is 3.34. The summed E-state index contributed by atoms with van der Waals surface area (Å²) >= 11 is 0. The molecule has 0 heterocycles. The summed E-state index contributed by atoms with van der Waals surface area (Å²) in [5, 5.41) is 3.28. The molecule has 1 unspecified atom stereocenters. The minimum Gasteiger partial charge on any atom is -0.310 e. The number of nitrogens with one attached hydrogen (secondary N) is 1. The van der Waals surface area contributed by atoms with Crippen LogP contribution in [-0.2, 0) is 19.7 Å². The summed E-state index contributed by atoms with van der Waals surface area (Å²) < 4.78 is 45.9. The van der Waals surface area contributed by atoms with E-state index < -0.39 is 19.7 Å². The van der Waals surface area contributed by atoms with Crippen LogP contribution in [0, 0.1) is 0 Å². The van der Waals surface area contributed by atoms with Crippen LogP contribution in [0.25, 0.3) is 0 Å². The predicted molar refractivity (Wildman–Crippen MR) is 84.9 cm³/mol. The van der Waals surface area contributed by atoms with E-state index in [1.54, 1.807) is 18.2 Å². The monoisotopic (exact) mass is 333 g/mol. The van der Waals surface area contributed by atoms with Gasteiger partial charge in [-0.05, 0) is 37.1 Å². The van der Waals surface area contributed by atoms with Crippen molar-refractivity contribution in [2.75, 3.05) is 24.8 Å². The van der Waals surface area contributed by atoms with Crippen LogP contribution in [0.3, 0.4) is 0 Å². The molecule has 0 amide bonds. The Morgan fingerprint density at radius 3 is 2.33 bits per heavy atom. The van der Waals surface area contributed by atoms with Gasteiger partial charge in [0.15, 0.2) is 9.84 Å². The van der Waals surface area contributed by atoms with E-state index >= 15 is 0 Å². The molecule has 120 valence electrons. The zero-order valence-electron chi connectivity index (χ0n) is 12.7. The van der Waals surface area contributed by atoms with Crippen molar-refractivity contribution < 1.29 is 16.8 Å². The summed E-state index contributed by atoms with van der Waals surface area (Å²) in [6.45, 7) is 2.77. The first-order valence-corrected chi connectivity index (χ1v) is 10.8. The van der Waals surface area contributed by atoms with Crippen molar-refractivity contribution in [3.05, 3.63) is 29.8 Å². The third-order valence-corrected chi connectivity index (χ3v) is 5.19. The summed E-state index contributed by atoms with van der Waals surface area (Å²) in [6, 6.07) is 6.51. The number of sulfone groups is 2. The molecule has 1 atom stereocenters. The highest BCUT2D eigenvalue weighted by Gasteiger charge is 2.16. The number of hydrogen-bond donors (Lipinski definition) is 1. The highest BCUT2D eigenvalue weighted by Crippen LogP contribution is 2.21. The molecule has 0 aliphatic heterocycles. The number of benzene rings is 1. The van der Waals surface area contributed by atoms with Crippen LogP contribution in [0.1, 0.15) is 31.4 Å². The van der Waals surface area contributed by atoms with Gasteiger partial charge in [0.2, 0.25) is 0 Å². The third kappa shape index (κ3) is 6.58. The highest BCUT2D eigenvalue weighted by atomic mass is 32.2. The van der Waals surface area contributed by atoms with Gasteiger partial charge in [-0.1, -0.05) is 19.1 Å². The molecule has 1 aromatic rings. The van der Waals surface area contributed by atoms with Gasteiger partial charge in [-0.3, -0.25) is 0 Å². The average molecular weight is 333 g/mol. The fourth-order valence-electron chi connectivity index (χ4n) is 2.00. The Balaban J connectivity index is 3.02. The average Bonchev–Trinajstić information content (AvgIpc) is 2.37. The predicted octanol–water partition coefficient (Wildman–Crippen LogP) is 1.57. The molecular weight excluding hydrogens is 310 g/mol. The second-order valence-corrected chi connectivity index (χ2v) is 9.55. The molecule has 1 aromatic carbocycles. The van der Waals surface area contributed by atoms with E-state index in [1.165, 1.54) is 6.26 Å². The van der Waals surface area contributed by atoms with Crippen LogP contribution in [0.5, 0.6) is 0 Å². The smallest absolute Gasteiger partial charge is 0.175 e. The Morgan fingerprint density at radius 1 is 1.14 bits per heavy atom. The van der Waals surface area contributed by atoms with Crippen molar-refractivity contribution >= 4 is 19.7 Å². The Hall–Kier alpha value is -0.920. The van der Waals surface area contributed by atoms with E-state index in [4.69, 9.17) is 0 Å². The Morgan fingerprint density at radius 2 is 1.81 bits per heavy atom. The van der Waals surface area contributed by atoms with E-state index in [-0.39, 0.29) is 16.7 Å². The van der Waals surface area contributed by atoms with E-state index in [2.05, 4.69) is 5.32 Å². The summed E-state index contributed by atoms with van der Waals surface area (Å²) in [4.78, 5) is 0.252. The van der Waals surface area contributed by atoms with Gasteiger partial charge >= 0.3 is 0 Å². The Bertz CT molecular complexity index is 666. The van der Waals surface area contributed by atoms with Crippen LogP contribution in [0.2, 0.25) is 0 Å². The molecule has 5 nitrogen and oxygen atoms in total. The molecule has 0 bridgehead atoms. The molecule has 0 aliphatic rings. The van der Waals surface area contributed by atoms with Crippen molar-refractivity contribution in [2.24, 2.45) is 0 Å². The summed E-state index contributed by atoms with van der Waals surface area (Å²) in [5.74, 6) is 0.0669. The lowest BCUT2D eigenvalue weighted by Gasteiger charge is -2.19. The molecule has 0 aromatic heterocycles. The molecular formula is C14H23NO4S2. The third-order valence-electron chi connectivity index (χ3n) is 3.11. The molecule has 0 saturated carbocycles. The summed E-state index contributed by atoms with van der Waals surface area (Å²) in [7, 11) is -6.32. The fraction of sp³-hybridized carbons (Fsp3) is 0.571. The molecule has 0 spiro atoms. The van der Waals surface area contributed by atoms with E-state index in [1.807, 2.05) is 13.0 Å². The highest BCUT2D eigenvalue weighted by molar-refractivity contribution is 7.91. The van der Waals surface area contributed by atoms with Crippen molar-refractivity contribution in [3.8, 4) is 0 Å². The zero-order valence-corrected chi connectivity index (χ0v) is 14.3. The van der Waals surface area contributed by atoms with Gasteiger partial charge in [0.25, 0.3) is 0 Å². The van der Waals surface area contributed by atoms with E-state index in [9.17, 15) is 16.8 Å². The molecule has 1 N–H and O–H groups in total. The maximum absolute atomic E-state index is 11.6. The number of rotatable bonds is 8. The minimum absolute atomic E-state index is 0.0669. The summed E-state index contributed by atoms with van der Waals surface area (Å²) in [6.07, 6.45) is 3.71. The topological polar surface area (TPSA) is 80.3 Å². The van der Waals surface area contributed by atoms with Crippen LogP contribution < -0.4 is 5.32 Å². The maximum Gasteiger partial charge on any atom is 0.175 e. The van der Waals surface area contributed by atoms with Gasteiger partial charge in [0.05, 0.1) is 10.6 Å². The Labute approximate surface area is 127 Å². The van der Waals surface area contributed by atoms with E-state index in [0.29, 0.717) is 6.42 Å². The molecule has 0 radical (unpaired) electrons. The van der Waals surface area contributed by atoms with Gasteiger partial charge in [0.1, 0.15) is 9.84 Å². The van der Waals surface area contributed by atoms with Gasteiger partial charge in [-0.25, -0.2) is 16.8 Å². The van der Waals surface area contributed by atoms with Crippen molar-refractivity contribution in [1.82, 2.24) is 5.32 Å². The minimum atomic E-state index is -3.27. The van der Waals surface area contributed by atoms with Crippen molar-refractivity contribution in [2.45, 2.75) is 30.7 Å². The van der Waals surface area contributed by atoms with Crippen molar-refractivity contribution in [1.29, 1.82) is 0 Å². The van der Waals surface area contributed by atoms with Gasteiger partial charge in [-0.2, -0.15) is 0 Å². The van der Waals surface area contributed by atoms with E-state index in [0.717, 1.165) is 24.8 Å². The first-order valence-electron chi connectivity index (χ1n) is 6.84. The second-order valence-electron chi connectivity index (χ2n) is 5.27. The van der Waals surface area contributed by atoms with Gasteiger partial charge in [-0.15, -0.1) is 0 Å². The zero-order chi connectivity index (χ0) is 16.1. The first-order chi connectivity index (χ1) is 9.63. The van der Waals surface area contributed by atoms with Gasteiger partial charge < -0.3 is 5.32 Å². The molecule has 0 aliphatic carbocycles. The normalized spacial score (nSPS) is 14.0. The SMILES string of the molecule is CCCNC(CCS(C)(=O)=O)c1cccc(S(C)(=O)=O)c1. The van der Waals surface area contributed by atoms with Crippen LogP contribution in [0.15, 0.2) is 29.2 Å². The second kappa shape index (κ2) is 7.38. The van der Waals surface area contributed by atoms with Crippen LogP contribution in [0.4, 0.5) is 0 Å². The van der Waals surface area contributed by atoms with Crippen LogP contribution >= 0.6 is 0 Å². The lowest BCUT2D eigenvalue weighted by Crippen LogP contribution is -2.24. The molecule has 1 rings (SSSR count). The maximum atomic E-state index is 11.6. The Kier molecular flexibility index (Phi) is 6.37. The lowest BCUT2D eigenvalue weighted by molar-refractivity contribution is 0.512. The largest absolute Gasteiger partial charge is 0.310 e. The number of hydrogen-bond acceptors (Lipinski definition) is 5. The lowest BCUT2D eigenvalue weighted by atomic mass is 10.0. The standard InChI is InChI=1S/C14H23NO4S2/c1-4-9-15-14(8-10-20(2,16)17)12-6-5-7-13(11-12)21(3,18)19/h5-7,11,14-15H,4,8-10H2,1-3H3. The van der Waals surface area contributed by atoms with Crippen LogP contribution in [-0.4, -0.2) is 41.6 Å².